The fraction of sp³-hybridized carbons (Fsp3) is 0.588. The summed E-state index contributed by atoms with van der Waals surface area (Å²) in [6.07, 6.45) is 2.12. The summed E-state index contributed by atoms with van der Waals surface area (Å²) in [5.41, 5.74) is 1.21. The minimum Gasteiger partial charge on any atom is -0.489 e. The first-order valence-corrected chi connectivity index (χ1v) is 7.49. The van der Waals surface area contributed by atoms with Gasteiger partial charge in [-0.25, -0.2) is 0 Å². The Hall–Kier alpha value is -1.51. The Labute approximate surface area is 122 Å². The molecule has 0 aliphatic carbocycles. The fourth-order valence-electron chi connectivity index (χ4n) is 1.97. The number of carbonyl (C=O) groups is 1. The summed E-state index contributed by atoms with van der Waals surface area (Å²) in [6, 6.07) is 8.06. The minimum absolute atomic E-state index is 0.154. The number of hydrogen-bond donors (Lipinski definition) is 0. The molecule has 0 aromatic heterocycles. The monoisotopic (exact) mass is 278 g/mol. The largest absolute Gasteiger partial charge is 0.489 e. The summed E-state index contributed by atoms with van der Waals surface area (Å²) in [5.74, 6) is 1.20. The van der Waals surface area contributed by atoms with E-state index in [0.29, 0.717) is 18.9 Å². The summed E-state index contributed by atoms with van der Waals surface area (Å²) in [4.78, 5) is 11.4. The van der Waals surface area contributed by atoms with Crippen molar-refractivity contribution in [3.8, 4) is 5.75 Å². The SMILES string of the molecule is CCCC(=O)O[C@H](C)COc1ccccc1[C@H](C)CC. The van der Waals surface area contributed by atoms with E-state index in [9.17, 15) is 4.79 Å². The maximum Gasteiger partial charge on any atom is 0.306 e. The average Bonchev–Trinajstić information content (AvgIpc) is 2.44. The van der Waals surface area contributed by atoms with Crippen molar-refractivity contribution in [3.05, 3.63) is 29.8 Å². The first-order chi connectivity index (χ1) is 9.58. The van der Waals surface area contributed by atoms with E-state index >= 15 is 0 Å². The van der Waals surface area contributed by atoms with Crippen LogP contribution in [-0.4, -0.2) is 18.7 Å². The molecule has 3 nitrogen and oxygen atoms in total. The van der Waals surface area contributed by atoms with Gasteiger partial charge in [0.25, 0.3) is 0 Å². The quantitative estimate of drug-likeness (QED) is 0.665. The zero-order valence-corrected chi connectivity index (χ0v) is 13.0. The van der Waals surface area contributed by atoms with Gasteiger partial charge in [0.05, 0.1) is 0 Å². The van der Waals surface area contributed by atoms with Crippen molar-refractivity contribution in [2.45, 2.75) is 59.0 Å². The van der Waals surface area contributed by atoms with Gasteiger partial charge in [0.2, 0.25) is 0 Å². The lowest BCUT2D eigenvalue weighted by Crippen LogP contribution is -2.22. The van der Waals surface area contributed by atoms with Crippen LogP contribution in [0.25, 0.3) is 0 Å². The van der Waals surface area contributed by atoms with Gasteiger partial charge in [-0.05, 0) is 37.3 Å². The van der Waals surface area contributed by atoms with E-state index in [1.165, 1.54) is 5.56 Å². The first-order valence-electron chi connectivity index (χ1n) is 7.49. The summed E-state index contributed by atoms with van der Waals surface area (Å²) in [5, 5.41) is 0. The topological polar surface area (TPSA) is 35.5 Å². The van der Waals surface area contributed by atoms with E-state index in [1.807, 2.05) is 32.0 Å². The van der Waals surface area contributed by atoms with Crippen molar-refractivity contribution in [1.82, 2.24) is 0 Å². The molecule has 1 aromatic carbocycles. The van der Waals surface area contributed by atoms with Gasteiger partial charge in [0, 0.05) is 6.42 Å². The maximum absolute atomic E-state index is 11.4. The van der Waals surface area contributed by atoms with E-state index in [0.717, 1.165) is 18.6 Å². The Kier molecular flexibility index (Phi) is 7.13. The van der Waals surface area contributed by atoms with Crippen LogP contribution in [0.3, 0.4) is 0 Å². The Morgan fingerprint density at radius 3 is 2.55 bits per heavy atom. The third kappa shape index (κ3) is 5.24. The van der Waals surface area contributed by atoms with Gasteiger partial charge in [-0.1, -0.05) is 39.0 Å². The molecule has 0 fully saturated rings. The maximum atomic E-state index is 11.4. The Morgan fingerprint density at radius 2 is 1.90 bits per heavy atom. The smallest absolute Gasteiger partial charge is 0.306 e. The molecule has 0 spiro atoms. The van der Waals surface area contributed by atoms with E-state index in [1.54, 1.807) is 0 Å². The number of para-hydroxylation sites is 1. The molecule has 112 valence electrons. The fourth-order valence-corrected chi connectivity index (χ4v) is 1.97. The van der Waals surface area contributed by atoms with Crippen molar-refractivity contribution >= 4 is 5.97 Å². The summed E-state index contributed by atoms with van der Waals surface area (Å²) in [6.45, 7) is 8.57. The van der Waals surface area contributed by atoms with E-state index in [-0.39, 0.29) is 12.1 Å². The van der Waals surface area contributed by atoms with Crippen LogP contribution >= 0.6 is 0 Å². The number of ether oxygens (including phenoxy) is 2. The molecule has 0 heterocycles. The molecule has 1 aromatic rings. The molecule has 20 heavy (non-hydrogen) atoms. The van der Waals surface area contributed by atoms with Crippen molar-refractivity contribution in [2.75, 3.05) is 6.61 Å². The van der Waals surface area contributed by atoms with Crippen LogP contribution in [0.5, 0.6) is 5.75 Å². The third-order valence-corrected chi connectivity index (χ3v) is 3.32. The van der Waals surface area contributed by atoms with Crippen LogP contribution in [0.1, 0.15) is 58.4 Å². The minimum atomic E-state index is -0.223. The predicted molar refractivity (Wildman–Crippen MR) is 81.1 cm³/mol. The van der Waals surface area contributed by atoms with E-state index in [4.69, 9.17) is 9.47 Å². The second kappa shape index (κ2) is 8.62. The normalized spacial score (nSPS) is 13.6. The molecule has 0 bridgehead atoms. The molecule has 0 unspecified atom stereocenters. The molecule has 2 atom stereocenters. The number of esters is 1. The molecule has 1 rings (SSSR count). The van der Waals surface area contributed by atoms with Crippen molar-refractivity contribution in [3.63, 3.8) is 0 Å². The molecule has 3 heteroatoms. The van der Waals surface area contributed by atoms with Crippen LogP contribution < -0.4 is 4.74 Å². The number of benzene rings is 1. The lowest BCUT2D eigenvalue weighted by atomic mass is 9.98. The standard InChI is InChI=1S/C17H26O3/c1-5-9-17(18)20-14(4)12-19-16-11-8-7-10-15(16)13(3)6-2/h7-8,10-11,13-14H,5-6,9,12H2,1-4H3/t13-,14-/m1/s1. The Balaban J connectivity index is 2.55. The Bertz CT molecular complexity index is 414. The van der Waals surface area contributed by atoms with Gasteiger partial charge in [-0.2, -0.15) is 0 Å². The third-order valence-electron chi connectivity index (χ3n) is 3.32. The molecule has 0 aliphatic rings. The zero-order valence-electron chi connectivity index (χ0n) is 13.0. The lowest BCUT2D eigenvalue weighted by Gasteiger charge is -2.18. The highest BCUT2D eigenvalue weighted by Gasteiger charge is 2.13. The van der Waals surface area contributed by atoms with Gasteiger partial charge in [0.1, 0.15) is 18.5 Å². The number of carbonyl (C=O) groups excluding carboxylic acids is 1. The van der Waals surface area contributed by atoms with Crippen LogP contribution in [0.4, 0.5) is 0 Å². The van der Waals surface area contributed by atoms with Crippen molar-refractivity contribution < 1.29 is 14.3 Å². The molecule has 0 saturated carbocycles. The molecule has 0 N–H and O–H groups in total. The van der Waals surface area contributed by atoms with Gasteiger partial charge in [-0.15, -0.1) is 0 Å². The summed E-state index contributed by atoms with van der Waals surface area (Å²) in [7, 11) is 0. The zero-order chi connectivity index (χ0) is 15.0. The van der Waals surface area contributed by atoms with Crippen LogP contribution in [0.15, 0.2) is 24.3 Å². The van der Waals surface area contributed by atoms with Gasteiger partial charge in [-0.3, -0.25) is 4.79 Å². The second-order valence-corrected chi connectivity index (χ2v) is 5.21. The highest BCUT2D eigenvalue weighted by atomic mass is 16.6. The van der Waals surface area contributed by atoms with Crippen molar-refractivity contribution in [1.29, 1.82) is 0 Å². The van der Waals surface area contributed by atoms with Crippen LogP contribution in [0, 0.1) is 0 Å². The van der Waals surface area contributed by atoms with Gasteiger partial charge >= 0.3 is 5.97 Å². The number of rotatable bonds is 8. The molecular formula is C17H26O3. The van der Waals surface area contributed by atoms with Gasteiger partial charge in [0.15, 0.2) is 0 Å². The second-order valence-electron chi connectivity index (χ2n) is 5.21. The molecule has 0 radical (unpaired) electrons. The molecule has 0 saturated heterocycles. The Morgan fingerprint density at radius 1 is 1.20 bits per heavy atom. The van der Waals surface area contributed by atoms with Crippen LogP contribution in [-0.2, 0) is 9.53 Å². The average molecular weight is 278 g/mol. The predicted octanol–water partition coefficient (Wildman–Crippen LogP) is 4.31. The molecule has 0 amide bonds. The molecular weight excluding hydrogens is 252 g/mol. The van der Waals surface area contributed by atoms with Crippen molar-refractivity contribution in [2.24, 2.45) is 0 Å². The van der Waals surface area contributed by atoms with E-state index < -0.39 is 0 Å². The first kappa shape index (κ1) is 16.5. The highest BCUT2D eigenvalue weighted by molar-refractivity contribution is 5.69. The van der Waals surface area contributed by atoms with Crippen LogP contribution in [0.2, 0.25) is 0 Å². The van der Waals surface area contributed by atoms with E-state index in [2.05, 4.69) is 19.9 Å². The summed E-state index contributed by atoms with van der Waals surface area (Å²) >= 11 is 0. The molecule has 0 aliphatic heterocycles. The number of hydrogen-bond acceptors (Lipinski definition) is 3. The van der Waals surface area contributed by atoms with Gasteiger partial charge < -0.3 is 9.47 Å². The highest BCUT2D eigenvalue weighted by Crippen LogP contribution is 2.28. The lowest BCUT2D eigenvalue weighted by molar-refractivity contribution is -0.149. The summed E-state index contributed by atoms with van der Waals surface area (Å²) < 4.78 is 11.1.